The van der Waals surface area contributed by atoms with Crippen LogP contribution in [0.2, 0.25) is 5.02 Å². The lowest BCUT2D eigenvalue weighted by atomic mass is 9.70. The Balaban J connectivity index is 1.85. The zero-order valence-electron chi connectivity index (χ0n) is 10.9. The van der Waals surface area contributed by atoms with Crippen molar-refractivity contribution >= 4 is 11.6 Å². The minimum Gasteiger partial charge on any atom is -0.316 e. The molecule has 0 heterocycles. The van der Waals surface area contributed by atoms with Gasteiger partial charge in [0.05, 0.1) is 0 Å². The summed E-state index contributed by atoms with van der Waals surface area (Å²) in [5.41, 5.74) is 0.810. The molecule has 0 amide bonds. The van der Waals surface area contributed by atoms with Gasteiger partial charge in [-0.15, -0.1) is 0 Å². The van der Waals surface area contributed by atoms with Crippen LogP contribution in [0.5, 0.6) is 0 Å². The molecule has 18 heavy (non-hydrogen) atoms. The summed E-state index contributed by atoms with van der Waals surface area (Å²) in [4.78, 5) is 0. The van der Waals surface area contributed by atoms with Crippen molar-refractivity contribution in [3.05, 3.63) is 34.6 Å². The Morgan fingerprint density at radius 2 is 2.11 bits per heavy atom. The molecule has 3 heteroatoms. The van der Waals surface area contributed by atoms with Crippen LogP contribution in [0.15, 0.2) is 18.2 Å². The van der Waals surface area contributed by atoms with Crippen molar-refractivity contribution in [2.45, 2.75) is 32.6 Å². The standard InChI is InChI=1S/C15H21ClFN/c1-2-7-18-10-13-4-3-11(13)8-12-5-6-14(16)9-15(12)17/h5-6,9,11,13,18H,2-4,7-8,10H2,1H3. The highest BCUT2D eigenvalue weighted by Gasteiger charge is 2.30. The molecule has 1 fully saturated rings. The third kappa shape index (κ3) is 3.46. The van der Waals surface area contributed by atoms with Crippen molar-refractivity contribution in [3.63, 3.8) is 0 Å². The largest absolute Gasteiger partial charge is 0.316 e. The van der Waals surface area contributed by atoms with Crippen molar-refractivity contribution in [2.24, 2.45) is 11.8 Å². The van der Waals surface area contributed by atoms with E-state index in [2.05, 4.69) is 12.2 Å². The summed E-state index contributed by atoms with van der Waals surface area (Å²) >= 11 is 5.76. The number of rotatable bonds is 6. The molecule has 1 saturated carbocycles. The Hall–Kier alpha value is -0.600. The third-order valence-corrected chi connectivity index (χ3v) is 4.14. The van der Waals surface area contributed by atoms with Crippen LogP contribution >= 0.6 is 11.6 Å². The first-order valence-corrected chi connectivity index (χ1v) is 7.23. The van der Waals surface area contributed by atoms with Crippen LogP contribution in [0.4, 0.5) is 4.39 Å². The maximum absolute atomic E-state index is 13.7. The van der Waals surface area contributed by atoms with Gasteiger partial charge in [-0.3, -0.25) is 0 Å². The smallest absolute Gasteiger partial charge is 0.127 e. The van der Waals surface area contributed by atoms with Crippen molar-refractivity contribution in [3.8, 4) is 0 Å². The Morgan fingerprint density at radius 1 is 1.33 bits per heavy atom. The zero-order chi connectivity index (χ0) is 13.0. The lowest BCUT2D eigenvalue weighted by molar-refractivity contribution is 0.170. The molecule has 0 saturated heterocycles. The summed E-state index contributed by atoms with van der Waals surface area (Å²) in [7, 11) is 0. The van der Waals surface area contributed by atoms with Gasteiger partial charge in [-0.25, -0.2) is 4.39 Å². The highest BCUT2D eigenvalue weighted by Crippen LogP contribution is 2.36. The molecule has 1 aromatic rings. The number of hydrogen-bond acceptors (Lipinski definition) is 1. The molecule has 0 aliphatic heterocycles. The molecule has 0 aromatic heterocycles. The Morgan fingerprint density at radius 3 is 2.72 bits per heavy atom. The average Bonchev–Trinajstić information content (AvgIpc) is 2.32. The van der Waals surface area contributed by atoms with Gasteiger partial charge in [-0.1, -0.05) is 24.6 Å². The highest BCUT2D eigenvalue weighted by atomic mass is 35.5. The van der Waals surface area contributed by atoms with Gasteiger partial charge in [-0.05, 0) is 68.3 Å². The minimum atomic E-state index is -0.158. The van der Waals surface area contributed by atoms with Gasteiger partial charge >= 0.3 is 0 Å². The Bertz CT molecular complexity index is 394. The van der Waals surface area contributed by atoms with Crippen molar-refractivity contribution in [2.75, 3.05) is 13.1 Å². The van der Waals surface area contributed by atoms with Gasteiger partial charge in [0.25, 0.3) is 0 Å². The summed E-state index contributed by atoms with van der Waals surface area (Å²) in [5, 5.41) is 3.94. The second-order valence-electron chi connectivity index (χ2n) is 5.24. The molecular formula is C15H21ClFN. The minimum absolute atomic E-state index is 0.158. The molecule has 0 radical (unpaired) electrons. The fraction of sp³-hybridized carbons (Fsp3) is 0.600. The number of hydrogen-bond donors (Lipinski definition) is 1. The van der Waals surface area contributed by atoms with Gasteiger partial charge in [0.1, 0.15) is 5.82 Å². The van der Waals surface area contributed by atoms with Crippen LogP contribution in [0.3, 0.4) is 0 Å². The van der Waals surface area contributed by atoms with Gasteiger partial charge in [0.15, 0.2) is 0 Å². The summed E-state index contributed by atoms with van der Waals surface area (Å²) < 4.78 is 13.7. The third-order valence-electron chi connectivity index (χ3n) is 3.91. The Labute approximate surface area is 114 Å². The first-order chi connectivity index (χ1) is 8.70. The van der Waals surface area contributed by atoms with E-state index in [1.54, 1.807) is 6.07 Å². The molecule has 2 atom stereocenters. The summed E-state index contributed by atoms with van der Waals surface area (Å²) in [5.74, 6) is 1.19. The van der Waals surface area contributed by atoms with Crippen molar-refractivity contribution in [1.82, 2.24) is 5.32 Å². The molecule has 1 aliphatic rings. The van der Waals surface area contributed by atoms with E-state index >= 15 is 0 Å². The molecule has 1 aromatic carbocycles. The predicted molar refractivity (Wildman–Crippen MR) is 74.5 cm³/mol. The molecule has 1 N–H and O–H groups in total. The van der Waals surface area contributed by atoms with Gasteiger partial charge in [0, 0.05) is 5.02 Å². The highest BCUT2D eigenvalue weighted by molar-refractivity contribution is 6.30. The van der Waals surface area contributed by atoms with E-state index in [9.17, 15) is 4.39 Å². The maximum atomic E-state index is 13.7. The monoisotopic (exact) mass is 269 g/mol. The van der Waals surface area contributed by atoms with Crippen molar-refractivity contribution < 1.29 is 4.39 Å². The van der Waals surface area contributed by atoms with E-state index in [1.807, 2.05) is 6.07 Å². The maximum Gasteiger partial charge on any atom is 0.127 e. The summed E-state index contributed by atoms with van der Waals surface area (Å²) in [6, 6.07) is 5.02. The lowest BCUT2D eigenvalue weighted by Crippen LogP contribution is -2.36. The van der Waals surface area contributed by atoms with Crippen LogP contribution < -0.4 is 5.32 Å². The van der Waals surface area contributed by atoms with E-state index in [1.165, 1.54) is 25.3 Å². The summed E-state index contributed by atoms with van der Waals surface area (Å²) in [6.07, 6.45) is 4.52. The molecule has 1 nitrogen and oxygen atoms in total. The van der Waals surface area contributed by atoms with E-state index < -0.39 is 0 Å². The molecule has 0 spiro atoms. The van der Waals surface area contributed by atoms with Gasteiger partial charge < -0.3 is 5.32 Å². The second-order valence-corrected chi connectivity index (χ2v) is 5.68. The summed E-state index contributed by atoms with van der Waals surface area (Å²) in [6.45, 7) is 4.33. The lowest BCUT2D eigenvalue weighted by Gasteiger charge is -2.37. The van der Waals surface area contributed by atoms with Crippen LogP contribution in [0.25, 0.3) is 0 Å². The SMILES string of the molecule is CCCNCC1CCC1Cc1ccc(Cl)cc1F. The van der Waals surface area contributed by atoms with E-state index in [0.717, 1.165) is 25.1 Å². The fourth-order valence-corrected chi connectivity index (χ4v) is 2.77. The molecule has 0 bridgehead atoms. The molecule has 2 rings (SSSR count). The first-order valence-electron chi connectivity index (χ1n) is 6.85. The normalized spacial score (nSPS) is 22.8. The van der Waals surface area contributed by atoms with Gasteiger partial charge in [0.2, 0.25) is 0 Å². The van der Waals surface area contributed by atoms with Crippen LogP contribution in [0.1, 0.15) is 31.7 Å². The number of benzene rings is 1. The molecule has 1 aliphatic carbocycles. The quantitative estimate of drug-likeness (QED) is 0.769. The van der Waals surface area contributed by atoms with E-state index in [-0.39, 0.29) is 5.82 Å². The zero-order valence-corrected chi connectivity index (χ0v) is 11.6. The molecule has 2 unspecified atom stereocenters. The van der Waals surface area contributed by atoms with E-state index in [4.69, 9.17) is 11.6 Å². The Kier molecular flexibility index (Phi) is 5.02. The molecule has 100 valence electrons. The number of nitrogens with one attached hydrogen (secondary N) is 1. The average molecular weight is 270 g/mol. The van der Waals surface area contributed by atoms with Crippen LogP contribution in [-0.4, -0.2) is 13.1 Å². The predicted octanol–water partition coefficient (Wildman–Crippen LogP) is 4.05. The fourth-order valence-electron chi connectivity index (χ4n) is 2.61. The molecular weight excluding hydrogens is 249 g/mol. The second kappa shape index (κ2) is 6.53. The topological polar surface area (TPSA) is 12.0 Å². The van der Waals surface area contributed by atoms with Crippen molar-refractivity contribution in [1.29, 1.82) is 0 Å². The first kappa shape index (κ1) is 13.8. The van der Waals surface area contributed by atoms with E-state index in [0.29, 0.717) is 16.9 Å². The van der Waals surface area contributed by atoms with Crippen LogP contribution in [-0.2, 0) is 6.42 Å². The number of halogens is 2. The van der Waals surface area contributed by atoms with Crippen LogP contribution in [0, 0.1) is 17.7 Å². The van der Waals surface area contributed by atoms with Gasteiger partial charge in [-0.2, -0.15) is 0 Å².